The van der Waals surface area contributed by atoms with E-state index in [-0.39, 0.29) is 6.54 Å². The van der Waals surface area contributed by atoms with Crippen molar-refractivity contribution in [1.29, 1.82) is 0 Å². The quantitative estimate of drug-likeness (QED) is 0.402. The largest absolute Gasteiger partial charge is 0.490 e. The molecule has 0 atom stereocenters. The van der Waals surface area contributed by atoms with E-state index in [1.54, 1.807) is 6.20 Å². The molecule has 10 heteroatoms. The van der Waals surface area contributed by atoms with Gasteiger partial charge >= 0.3 is 6.18 Å². The molecule has 0 saturated heterocycles. The van der Waals surface area contributed by atoms with Crippen LogP contribution in [0.25, 0.3) is 0 Å². The number of hydrogen-bond acceptors (Lipinski definition) is 4. The Balaban J connectivity index is 1.49. The van der Waals surface area contributed by atoms with Crippen molar-refractivity contribution in [3.63, 3.8) is 0 Å². The molecule has 1 aromatic heterocycles. The summed E-state index contributed by atoms with van der Waals surface area (Å²) in [6.07, 6.45) is -1.91. The predicted molar refractivity (Wildman–Crippen MR) is 114 cm³/mol. The number of aliphatic imine (C=N–C) groups is 1. The number of rotatable bonds is 5. The number of hydrogen-bond donors (Lipinski definition) is 3. The van der Waals surface area contributed by atoms with E-state index < -0.39 is 11.7 Å². The van der Waals surface area contributed by atoms with E-state index >= 15 is 0 Å². The minimum Gasteiger partial charge on any atom is -0.490 e. The zero-order valence-electron chi connectivity index (χ0n) is 17.1. The Morgan fingerprint density at radius 2 is 1.81 bits per heavy atom. The summed E-state index contributed by atoms with van der Waals surface area (Å²) in [5, 5.41) is 13.2. The number of guanidine groups is 1. The molecule has 0 bridgehead atoms. The van der Waals surface area contributed by atoms with Gasteiger partial charge in [0, 0.05) is 24.4 Å². The molecule has 0 unspecified atom stereocenters. The van der Waals surface area contributed by atoms with Crippen molar-refractivity contribution >= 4 is 11.6 Å². The van der Waals surface area contributed by atoms with Gasteiger partial charge in [0.2, 0.25) is 0 Å². The second-order valence-corrected chi connectivity index (χ2v) is 7.13. The highest BCUT2D eigenvalue weighted by Gasteiger charge is 2.29. The van der Waals surface area contributed by atoms with Crippen LogP contribution in [0.5, 0.6) is 11.5 Å². The molecule has 0 aliphatic carbocycles. The molecule has 32 heavy (non-hydrogen) atoms. The van der Waals surface area contributed by atoms with Crippen LogP contribution in [0.15, 0.2) is 59.7 Å². The van der Waals surface area contributed by atoms with Gasteiger partial charge in [0.15, 0.2) is 17.5 Å². The van der Waals surface area contributed by atoms with Crippen molar-refractivity contribution in [2.75, 3.05) is 18.5 Å². The monoisotopic (exact) mass is 445 g/mol. The number of halogens is 3. The van der Waals surface area contributed by atoms with Gasteiger partial charge in [-0.05, 0) is 35.9 Å². The van der Waals surface area contributed by atoms with E-state index in [4.69, 9.17) is 9.47 Å². The summed E-state index contributed by atoms with van der Waals surface area (Å²) in [5.41, 5.74) is 1.55. The Morgan fingerprint density at radius 3 is 2.53 bits per heavy atom. The number of alkyl halides is 3. The van der Waals surface area contributed by atoms with E-state index in [2.05, 4.69) is 25.8 Å². The summed E-state index contributed by atoms with van der Waals surface area (Å²) in [6, 6.07) is 12.3. The number of nitrogens with one attached hydrogen (secondary N) is 3. The van der Waals surface area contributed by atoms with Crippen LogP contribution < -0.4 is 20.1 Å². The van der Waals surface area contributed by atoms with Crippen LogP contribution in [0, 0.1) is 0 Å². The van der Waals surface area contributed by atoms with Crippen LogP contribution in [0.2, 0.25) is 0 Å². The van der Waals surface area contributed by atoms with Crippen molar-refractivity contribution in [1.82, 2.24) is 15.5 Å². The topological polar surface area (TPSA) is 83.6 Å². The molecule has 7 nitrogen and oxygen atoms in total. The summed E-state index contributed by atoms with van der Waals surface area (Å²) in [7, 11) is 0. The summed E-state index contributed by atoms with van der Waals surface area (Å²) >= 11 is 0. The van der Waals surface area contributed by atoms with Gasteiger partial charge in [0.05, 0.1) is 37.6 Å². The molecule has 0 radical (unpaired) electrons. The predicted octanol–water partition coefficient (Wildman–Crippen LogP) is 4.35. The first kappa shape index (κ1) is 21.5. The lowest BCUT2D eigenvalue weighted by molar-refractivity contribution is -0.137. The maximum Gasteiger partial charge on any atom is 0.416 e. The average Bonchev–Trinajstić information content (AvgIpc) is 3.19. The van der Waals surface area contributed by atoms with Crippen molar-refractivity contribution in [2.24, 2.45) is 4.99 Å². The maximum atomic E-state index is 12.8. The fourth-order valence-electron chi connectivity index (χ4n) is 3.05. The molecule has 0 amide bonds. The number of benzene rings is 2. The molecule has 2 aromatic carbocycles. The van der Waals surface area contributed by atoms with E-state index in [1.807, 2.05) is 24.3 Å². The third-order valence-corrected chi connectivity index (χ3v) is 4.72. The van der Waals surface area contributed by atoms with E-state index in [0.29, 0.717) is 42.8 Å². The molecule has 3 aromatic rings. The van der Waals surface area contributed by atoms with E-state index in [0.717, 1.165) is 29.9 Å². The van der Waals surface area contributed by atoms with E-state index in [1.165, 1.54) is 12.1 Å². The van der Waals surface area contributed by atoms with Gasteiger partial charge in [-0.15, -0.1) is 0 Å². The van der Waals surface area contributed by atoms with Crippen LogP contribution in [0.4, 0.5) is 18.9 Å². The lowest BCUT2D eigenvalue weighted by Gasteiger charge is -2.14. The second-order valence-electron chi connectivity index (χ2n) is 7.13. The highest BCUT2D eigenvalue weighted by molar-refractivity contribution is 5.93. The highest BCUT2D eigenvalue weighted by Crippen LogP contribution is 2.32. The molecular weight excluding hydrogens is 423 g/mol. The SMILES string of the molecule is FC(F)(F)c1ccc(CN=C(NCc2ccn[nH]2)Nc2ccc3c(c2)OCCCO3)cc1. The van der Waals surface area contributed by atoms with Crippen molar-refractivity contribution < 1.29 is 22.6 Å². The van der Waals surface area contributed by atoms with Gasteiger partial charge < -0.3 is 20.1 Å². The van der Waals surface area contributed by atoms with Gasteiger partial charge in [0.1, 0.15) is 0 Å². The van der Waals surface area contributed by atoms with E-state index in [9.17, 15) is 13.2 Å². The molecule has 0 spiro atoms. The van der Waals surface area contributed by atoms with Gasteiger partial charge in [-0.3, -0.25) is 5.10 Å². The molecule has 4 rings (SSSR count). The number of ether oxygens (including phenoxy) is 2. The minimum atomic E-state index is -4.36. The second kappa shape index (κ2) is 9.63. The molecule has 0 fully saturated rings. The summed E-state index contributed by atoms with van der Waals surface area (Å²) in [4.78, 5) is 4.52. The van der Waals surface area contributed by atoms with Gasteiger partial charge in [-0.25, -0.2) is 4.99 Å². The molecular formula is C22H22F3N5O2. The van der Waals surface area contributed by atoms with Crippen LogP contribution in [0.1, 0.15) is 23.2 Å². The van der Waals surface area contributed by atoms with Gasteiger partial charge in [-0.2, -0.15) is 18.3 Å². The van der Waals surface area contributed by atoms with Crippen LogP contribution in [0.3, 0.4) is 0 Å². The number of aromatic nitrogens is 2. The van der Waals surface area contributed by atoms with Crippen LogP contribution >= 0.6 is 0 Å². The number of anilines is 1. The lowest BCUT2D eigenvalue weighted by Crippen LogP contribution is -2.30. The number of aromatic amines is 1. The van der Waals surface area contributed by atoms with Crippen LogP contribution in [-0.2, 0) is 19.3 Å². The highest BCUT2D eigenvalue weighted by atomic mass is 19.4. The van der Waals surface area contributed by atoms with Crippen molar-refractivity contribution in [3.8, 4) is 11.5 Å². The normalized spacial score (nSPS) is 14.0. The first-order chi connectivity index (χ1) is 15.5. The smallest absolute Gasteiger partial charge is 0.416 e. The summed E-state index contributed by atoms with van der Waals surface area (Å²) < 4.78 is 49.7. The zero-order chi connectivity index (χ0) is 22.4. The minimum absolute atomic E-state index is 0.195. The Morgan fingerprint density at radius 1 is 1.03 bits per heavy atom. The molecule has 168 valence electrons. The first-order valence-corrected chi connectivity index (χ1v) is 10.1. The summed E-state index contributed by atoms with van der Waals surface area (Å²) in [6.45, 7) is 1.80. The fraction of sp³-hybridized carbons (Fsp3) is 0.273. The Bertz CT molecular complexity index is 1050. The molecule has 3 N–H and O–H groups in total. The Labute approximate surface area is 182 Å². The first-order valence-electron chi connectivity index (χ1n) is 10.1. The summed E-state index contributed by atoms with van der Waals surface area (Å²) in [5.74, 6) is 1.78. The van der Waals surface area contributed by atoms with Crippen molar-refractivity contribution in [2.45, 2.75) is 25.7 Å². The zero-order valence-corrected chi connectivity index (χ0v) is 17.1. The number of H-pyrrole nitrogens is 1. The molecule has 1 aliphatic heterocycles. The molecule has 0 saturated carbocycles. The standard InChI is InChI=1S/C22H22F3N5O2/c23-22(24,25)16-4-2-15(3-5-16)13-26-21(27-14-18-8-9-28-30-18)29-17-6-7-19-20(12-17)32-11-1-10-31-19/h2-9,12H,1,10-11,13-14H2,(H,28,30)(H2,26,27,29). The number of nitrogens with zero attached hydrogens (tertiary/aromatic N) is 2. The number of fused-ring (bicyclic) bond motifs is 1. The molecule has 2 heterocycles. The fourth-order valence-corrected chi connectivity index (χ4v) is 3.05. The van der Waals surface area contributed by atoms with Gasteiger partial charge in [0.25, 0.3) is 0 Å². The van der Waals surface area contributed by atoms with Gasteiger partial charge in [-0.1, -0.05) is 12.1 Å². The molecule has 1 aliphatic rings. The third kappa shape index (κ3) is 5.71. The average molecular weight is 445 g/mol. The van der Waals surface area contributed by atoms with Crippen molar-refractivity contribution in [3.05, 3.63) is 71.5 Å². The lowest BCUT2D eigenvalue weighted by atomic mass is 10.1. The van der Waals surface area contributed by atoms with Crippen LogP contribution in [-0.4, -0.2) is 29.4 Å². The third-order valence-electron chi connectivity index (χ3n) is 4.72. The Hall–Kier alpha value is -3.69. The maximum absolute atomic E-state index is 12.8. The Kier molecular flexibility index (Phi) is 6.48.